The molecule has 0 aromatic rings. The Kier molecular flexibility index (Phi) is 5.52. The fourth-order valence-electron chi connectivity index (χ4n) is 0.722. The minimum Gasteiger partial charge on any atom is -0.396 e. The SMILES string of the molecule is CC(CC=O)CCCO. The zero-order chi connectivity index (χ0) is 7.11. The van der Waals surface area contributed by atoms with E-state index in [0.717, 1.165) is 19.1 Å². The summed E-state index contributed by atoms with van der Waals surface area (Å²) in [5.41, 5.74) is 0. The smallest absolute Gasteiger partial charge is 0.120 e. The second-order valence-corrected chi connectivity index (χ2v) is 2.37. The fourth-order valence-corrected chi connectivity index (χ4v) is 0.722. The van der Waals surface area contributed by atoms with Gasteiger partial charge in [-0.05, 0) is 18.8 Å². The van der Waals surface area contributed by atoms with Crippen LogP contribution in [0.2, 0.25) is 0 Å². The lowest BCUT2D eigenvalue weighted by molar-refractivity contribution is -0.108. The van der Waals surface area contributed by atoms with Gasteiger partial charge in [-0.15, -0.1) is 0 Å². The number of aliphatic hydroxyl groups excluding tert-OH is 1. The lowest BCUT2D eigenvalue weighted by Crippen LogP contribution is -1.96. The van der Waals surface area contributed by atoms with Crippen LogP contribution in [0.3, 0.4) is 0 Å². The molecule has 0 saturated heterocycles. The third-order valence-corrected chi connectivity index (χ3v) is 1.35. The fraction of sp³-hybridized carbons (Fsp3) is 0.857. The molecule has 0 saturated carbocycles. The largest absolute Gasteiger partial charge is 0.396 e. The van der Waals surface area contributed by atoms with Gasteiger partial charge in [-0.25, -0.2) is 0 Å². The van der Waals surface area contributed by atoms with Crippen LogP contribution in [-0.4, -0.2) is 18.0 Å². The minimum atomic E-state index is 0.239. The number of hydrogen-bond acceptors (Lipinski definition) is 2. The van der Waals surface area contributed by atoms with Gasteiger partial charge in [0.1, 0.15) is 6.29 Å². The highest BCUT2D eigenvalue weighted by Crippen LogP contribution is 2.06. The summed E-state index contributed by atoms with van der Waals surface area (Å²) < 4.78 is 0. The van der Waals surface area contributed by atoms with Crippen molar-refractivity contribution in [3.05, 3.63) is 0 Å². The van der Waals surface area contributed by atoms with Gasteiger partial charge in [0.2, 0.25) is 0 Å². The molecule has 0 heterocycles. The first-order chi connectivity index (χ1) is 4.31. The predicted octanol–water partition coefficient (Wildman–Crippen LogP) is 0.984. The Morgan fingerprint density at radius 1 is 1.67 bits per heavy atom. The zero-order valence-corrected chi connectivity index (χ0v) is 5.84. The maximum absolute atomic E-state index is 9.92. The quantitative estimate of drug-likeness (QED) is 0.563. The summed E-state index contributed by atoms with van der Waals surface area (Å²) in [6, 6.07) is 0. The summed E-state index contributed by atoms with van der Waals surface area (Å²) in [5, 5.41) is 8.40. The van der Waals surface area contributed by atoms with E-state index < -0.39 is 0 Å². The van der Waals surface area contributed by atoms with Crippen LogP contribution in [0.25, 0.3) is 0 Å². The molecule has 0 bridgehead atoms. The van der Waals surface area contributed by atoms with E-state index in [0.29, 0.717) is 12.3 Å². The summed E-state index contributed by atoms with van der Waals surface area (Å²) in [5.74, 6) is 0.439. The summed E-state index contributed by atoms with van der Waals surface area (Å²) in [6.07, 6.45) is 3.33. The maximum Gasteiger partial charge on any atom is 0.120 e. The topological polar surface area (TPSA) is 37.3 Å². The average molecular weight is 130 g/mol. The van der Waals surface area contributed by atoms with Gasteiger partial charge >= 0.3 is 0 Å². The Hall–Kier alpha value is -0.370. The van der Waals surface area contributed by atoms with Crippen molar-refractivity contribution in [1.29, 1.82) is 0 Å². The van der Waals surface area contributed by atoms with Crippen LogP contribution in [-0.2, 0) is 4.79 Å². The van der Waals surface area contributed by atoms with E-state index in [-0.39, 0.29) is 6.61 Å². The first-order valence-corrected chi connectivity index (χ1v) is 3.35. The monoisotopic (exact) mass is 130 g/mol. The lowest BCUT2D eigenvalue weighted by Gasteiger charge is -2.03. The van der Waals surface area contributed by atoms with Crippen LogP contribution in [0, 0.1) is 5.92 Å². The van der Waals surface area contributed by atoms with Gasteiger partial charge in [-0.3, -0.25) is 0 Å². The van der Waals surface area contributed by atoms with Crippen LogP contribution in [0.4, 0.5) is 0 Å². The van der Waals surface area contributed by atoms with Crippen LogP contribution in [0.5, 0.6) is 0 Å². The molecule has 0 fully saturated rings. The van der Waals surface area contributed by atoms with E-state index in [1.165, 1.54) is 0 Å². The molecule has 0 aromatic carbocycles. The average Bonchev–Trinajstić information content (AvgIpc) is 1.85. The van der Waals surface area contributed by atoms with Gasteiger partial charge in [0.25, 0.3) is 0 Å². The number of aliphatic hydroxyl groups is 1. The molecular formula is C7H14O2. The van der Waals surface area contributed by atoms with Crippen molar-refractivity contribution >= 4 is 6.29 Å². The molecule has 2 heteroatoms. The number of carbonyl (C=O) groups is 1. The first-order valence-electron chi connectivity index (χ1n) is 3.35. The number of rotatable bonds is 5. The molecule has 1 unspecified atom stereocenters. The third kappa shape index (κ3) is 5.50. The standard InChI is InChI=1S/C7H14O2/c1-7(4-6-9)3-2-5-8/h6-8H,2-5H2,1H3. The van der Waals surface area contributed by atoms with Crippen molar-refractivity contribution < 1.29 is 9.90 Å². The summed E-state index contributed by atoms with van der Waals surface area (Å²) >= 11 is 0. The van der Waals surface area contributed by atoms with Gasteiger partial charge in [-0.2, -0.15) is 0 Å². The van der Waals surface area contributed by atoms with Gasteiger partial charge in [-0.1, -0.05) is 6.92 Å². The van der Waals surface area contributed by atoms with Crippen LogP contribution < -0.4 is 0 Å². The molecule has 0 rings (SSSR count). The van der Waals surface area contributed by atoms with E-state index in [1.807, 2.05) is 6.92 Å². The van der Waals surface area contributed by atoms with Crippen LogP contribution in [0.1, 0.15) is 26.2 Å². The Balaban J connectivity index is 3.04. The van der Waals surface area contributed by atoms with Crippen molar-refractivity contribution in [3.8, 4) is 0 Å². The molecule has 0 aliphatic rings. The molecule has 0 radical (unpaired) electrons. The molecule has 0 spiro atoms. The third-order valence-electron chi connectivity index (χ3n) is 1.35. The van der Waals surface area contributed by atoms with E-state index >= 15 is 0 Å². The molecule has 9 heavy (non-hydrogen) atoms. The van der Waals surface area contributed by atoms with Gasteiger partial charge < -0.3 is 9.90 Å². The van der Waals surface area contributed by atoms with E-state index in [9.17, 15) is 4.79 Å². The normalized spacial score (nSPS) is 13.1. The molecule has 0 amide bonds. The zero-order valence-electron chi connectivity index (χ0n) is 5.84. The Labute approximate surface area is 55.9 Å². The highest BCUT2D eigenvalue weighted by molar-refractivity contribution is 5.49. The highest BCUT2D eigenvalue weighted by atomic mass is 16.2. The molecule has 54 valence electrons. The van der Waals surface area contributed by atoms with E-state index in [4.69, 9.17) is 5.11 Å². The van der Waals surface area contributed by atoms with Crippen LogP contribution >= 0.6 is 0 Å². The van der Waals surface area contributed by atoms with Crippen molar-refractivity contribution in [3.63, 3.8) is 0 Å². The maximum atomic E-state index is 9.92. The Morgan fingerprint density at radius 3 is 2.78 bits per heavy atom. The first kappa shape index (κ1) is 8.63. The molecule has 1 atom stereocenters. The molecule has 1 N–H and O–H groups in total. The van der Waals surface area contributed by atoms with Crippen molar-refractivity contribution in [2.45, 2.75) is 26.2 Å². The van der Waals surface area contributed by atoms with Crippen molar-refractivity contribution in [2.75, 3.05) is 6.61 Å². The minimum absolute atomic E-state index is 0.239. The molecule has 0 aromatic heterocycles. The van der Waals surface area contributed by atoms with E-state index in [1.54, 1.807) is 0 Å². The summed E-state index contributed by atoms with van der Waals surface area (Å²) in [7, 11) is 0. The number of aldehydes is 1. The second-order valence-electron chi connectivity index (χ2n) is 2.37. The second kappa shape index (κ2) is 5.76. The Bertz CT molecular complexity index is 71.3. The van der Waals surface area contributed by atoms with Gasteiger partial charge in [0.05, 0.1) is 0 Å². The van der Waals surface area contributed by atoms with Gasteiger partial charge in [0, 0.05) is 13.0 Å². The lowest BCUT2D eigenvalue weighted by atomic mass is 10.0. The molecule has 2 nitrogen and oxygen atoms in total. The number of carbonyl (C=O) groups excluding carboxylic acids is 1. The Morgan fingerprint density at radius 2 is 2.33 bits per heavy atom. The molecule has 0 aliphatic carbocycles. The van der Waals surface area contributed by atoms with Crippen molar-refractivity contribution in [2.24, 2.45) is 5.92 Å². The van der Waals surface area contributed by atoms with Crippen molar-refractivity contribution in [1.82, 2.24) is 0 Å². The highest BCUT2D eigenvalue weighted by Gasteiger charge is 1.98. The summed E-state index contributed by atoms with van der Waals surface area (Å²) in [4.78, 5) is 9.92. The van der Waals surface area contributed by atoms with E-state index in [2.05, 4.69) is 0 Å². The van der Waals surface area contributed by atoms with Gasteiger partial charge in [0.15, 0.2) is 0 Å². The van der Waals surface area contributed by atoms with Crippen LogP contribution in [0.15, 0.2) is 0 Å². The number of hydrogen-bond donors (Lipinski definition) is 1. The summed E-state index contributed by atoms with van der Waals surface area (Å²) in [6.45, 7) is 2.26. The predicted molar refractivity (Wildman–Crippen MR) is 36.2 cm³/mol. The molecular weight excluding hydrogens is 116 g/mol. The molecule has 0 aliphatic heterocycles.